The minimum absolute atomic E-state index is 0.0517. The lowest BCUT2D eigenvalue weighted by atomic mass is 9.73. The van der Waals surface area contributed by atoms with Crippen LogP contribution in [0.4, 0.5) is 0 Å². The largest absolute Gasteiger partial charge is 0.497 e. The zero-order valence-corrected chi connectivity index (χ0v) is 19.3. The van der Waals surface area contributed by atoms with E-state index >= 15 is 0 Å². The fraction of sp³-hybridized carbons (Fsp3) is 0.360. The maximum Gasteiger partial charge on any atom is 0.336 e. The molecule has 2 aromatic rings. The van der Waals surface area contributed by atoms with Gasteiger partial charge in [-0.1, -0.05) is 18.2 Å². The number of esters is 1. The standard InChI is InChI=1S/C25H27NO5S/c1-15-22(25(28)31-10-9-29-2)24(21-8-5-11-32-21)23-19(26-15)13-17(14-20(23)27)16-6-4-7-18(12-16)30-3/h4-8,11-12,17,24,26H,9-10,13-14H2,1-3H3/t17-,24-/m1/s1. The minimum atomic E-state index is -0.417. The lowest BCUT2D eigenvalue weighted by Gasteiger charge is -2.36. The van der Waals surface area contributed by atoms with E-state index in [0.29, 0.717) is 30.6 Å². The van der Waals surface area contributed by atoms with E-state index in [1.807, 2.05) is 48.7 Å². The van der Waals surface area contributed by atoms with Gasteiger partial charge in [-0.2, -0.15) is 0 Å². The number of hydrogen-bond donors (Lipinski definition) is 1. The minimum Gasteiger partial charge on any atom is -0.497 e. The summed E-state index contributed by atoms with van der Waals surface area (Å²) in [6.07, 6.45) is 1.08. The molecule has 168 valence electrons. The first-order chi connectivity index (χ1) is 15.5. The van der Waals surface area contributed by atoms with E-state index in [1.54, 1.807) is 25.6 Å². The number of carbonyl (C=O) groups is 2. The molecule has 0 saturated heterocycles. The van der Waals surface area contributed by atoms with Gasteiger partial charge in [0.1, 0.15) is 12.4 Å². The molecule has 6 nitrogen and oxygen atoms in total. The SMILES string of the molecule is COCCOC(=O)C1=C(C)NC2=C(C(=O)C[C@H](c3cccc(OC)c3)C2)[C@@H]1c1cccs1. The van der Waals surface area contributed by atoms with E-state index in [9.17, 15) is 9.59 Å². The van der Waals surface area contributed by atoms with E-state index in [-0.39, 0.29) is 18.3 Å². The number of allylic oxidation sites excluding steroid dienone is 3. The Labute approximate surface area is 191 Å². The maximum absolute atomic E-state index is 13.5. The Kier molecular flexibility index (Phi) is 6.77. The van der Waals surface area contributed by atoms with Crippen molar-refractivity contribution >= 4 is 23.1 Å². The van der Waals surface area contributed by atoms with Crippen LogP contribution in [0.2, 0.25) is 0 Å². The number of carbonyl (C=O) groups excluding carboxylic acids is 2. The number of thiophene rings is 1. The van der Waals surface area contributed by atoms with Crippen molar-refractivity contribution < 1.29 is 23.8 Å². The van der Waals surface area contributed by atoms with Crippen molar-refractivity contribution in [3.8, 4) is 5.75 Å². The normalized spacial score (nSPS) is 20.7. The number of nitrogens with one attached hydrogen (secondary N) is 1. The summed E-state index contributed by atoms with van der Waals surface area (Å²) in [6.45, 7) is 2.36. The van der Waals surface area contributed by atoms with Gasteiger partial charge in [-0.05, 0) is 48.4 Å². The summed E-state index contributed by atoms with van der Waals surface area (Å²) >= 11 is 1.54. The molecular formula is C25H27NO5S. The first kappa shape index (κ1) is 22.3. The molecule has 0 saturated carbocycles. The van der Waals surface area contributed by atoms with Gasteiger partial charge in [0.25, 0.3) is 0 Å². The number of hydrogen-bond acceptors (Lipinski definition) is 7. The van der Waals surface area contributed by atoms with Gasteiger partial charge in [-0.15, -0.1) is 11.3 Å². The molecule has 0 spiro atoms. The topological polar surface area (TPSA) is 73.9 Å². The molecule has 0 amide bonds. The summed E-state index contributed by atoms with van der Waals surface area (Å²) in [5.41, 5.74) is 3.86. The molecule has 1 aliphatic heterocycles. The van der Waals surface area contributed by atoms with E-state index < -0.39 is 11.9 Å². The van der Waals surface area contributed by atoms with Crippen LogP contribution in [0.25, 0.3) is 0 Å². The molecule has 2 atom stereocenters. The third kappa shape index (κ3) is 4.36. The third-order valence-corrected chi connectivity index (χ3v) is 6.90. The van der Waals surface area contributed by atoms with Crippen molar-refractivity contribution in [2.45, 2.75) is 31.6 Å². The molecule has 1 N–H and O–H groups in total. The Morgan fingerprint density at radius 3 is 2.72 bits per heavy atom. The third-order valence-electron chi connectivity index (χ3n) is 5.96. The highest BCUT2D eigenvalue weighted by Crippen LogP contribution is 2.46. The number of dihydropyridines is 1. The van der Waals surface area contributed by atoms with Crippen LogP contribution in [0.15, 0.2) is 64.3 Å². The zero-order chi connectivity index (χ0) is 22.7. The number of methoxy groups -OCH3 is 2. The van der Waals surface area contributed by atoms with Crippen LogP contribution < -0.4 is 10.1 Å². The zero-order valence-electron chi connectivity index (χ0n) is 18.5. The van der Waals surface area contributed by atoms with Gasteiger partial charge in [0.15, 0.2) is 5.78 Å². The number of ketones is 1. The molecule has 1 aliphatic carbocycles. The summed E-state index contributed by atoms with van der Waals surface area (Å²) in [5.74, 6) is 0.0511. The summed E-state index contributed by atoms with van der Waals surface area (Å²) in [6, 6.07) is 11.8. The fourth-order valence-electron chi connectivity index (χ4n) is 4.48. The van der Waals surface area contributed by atoms with Crippen molar-refractivity contribution in [2.24, 2.45) is 0 Å². The van der Waals surface area contributed by atoms with Crippen LogP contribution in [-0.2, 0) is 19.1 Å². The fourth-order valence-corrected chi connectivity index (χ4v) is 5.32. The van der Waals surface area contributed by atoms with Gasteiger partial charge in [0.2, 0.25) is 0 Å². The van der Waals surface area contributed by atoms with Crippen molar-refractivity contribution in [1.82, 2.24) is 5.32 Å². The highest BCUT2D eigenvalue weighted by Gasteiger charge is 2.41. The number of rotatable bonds is 7. The smallest absolute Gasteiger partial charge is 0.336 e. The molecule has 2 aliphatic rings. The number of ether oxygens (including phenoxy) is 3. The molecule has 0 radical (unpaired) electrons. The predicted octanol–water partition coefficient (Wildman–Crippen LogP) is 4.31. The van der Waals surface area contributed by atoms with E-state index in [4.69, 9.17) is 14.2 Å². The van der Waals surface area contributed by atoms with Gasteiger partial charge in [-0.25, -0.2) is 4.79 Å². The molecule has 4 rings (SSSR count). The maximum atomic E-state index is 13.5. The average Bonchev–Trinajstić information content (AvgIpc) is 3.32. The number of benzene rings is 1. The van der Waals surface area contributed by atoms with Crippen molar-refractivity contribution in [1.29, 1.82) is 0 Å². The average molecular weight is 454 g/mol. The Hall–Kier alpha value is -2.90. The summed E-state index contributed by atoms with van der Waals surface area (Å²) in [7, 11) is 3.20. The van der Waals surface area contributed by atoms with E-state index in [1.165, 1.54) is 0 Å². The van der Waals surface area contributed by atoms with Crippen molar-refractivity contribution in [3.63, 3.8) is 0 Å². The summed E-state index contributed by atoms with van der Waals surface area (Å²) < 4.78 is 15.8. The van der Waals surface area contributed by atoms with E-state index in [2.05, 4.69) is 5.32 Å². The number of Topliss-reactive ketones (excluding diaryl/α,β-unsaturated/α-hetero) is 1. The summed E-state index contributed by atoms with van der Waals surface area (Å²) in [4.78, 5) is 27.5. The Bertz CT molecular complexity index is 1070. The lowest BCUT2D eigenvalue weighted by Crippen LogP contribution is -2.36. The van der Waals surface area contributed by atoms with Gasteiger partial charge < -0.3 is 19.5 Å². The van der Waals surface area contributed by atoms with Gasteiger partial charge in [-0.3, -0.25) is 4.79 Å². The molecule has 32 heavy (non-hydrogen) atoms. The second kappa shape index (κ2) is 9.71. The monoisotopic (exact) mass is 453 g/mol. The first-order valence-corrected chi connectivity index (χ1v) is 11.5. The molecule has 1 aromatic heterocycles. The van der Waals surface area contributed by atoms with Crippen molar-refractivity contribution in [2.75, 3.05) is 27.4 Å². The van der Waals surface area contributed by atoms with Crippen molar-refractivity contribution in [3.05, 3.63) is 74.8 Å². The highest BCUT2D eigenvalue weighted by atomic mass is 32.1. The molecule has 2 heterocycles. The van der Waals surface area contributed by atoms with E-state index in [0.717, 1.165) is 27.6 Å². The second-order valence-corrected chi connectivity index (χ2v) is 8.92. The highest BCUT2D eigenvalue weighted by molar-refractivity contribution is 7.10. The van der Waals surface area contributed by atoms with Crippen LogP contribution in [0.5, 0.6) is 5.75 Å². The Morgan fingerprint density at radius 1 is 1.16 bits per heavy atom. The van der Waals surface area contributed by atoms with Crippen LogP contribution >= 0.6 is 11.3 Å². The van der Waals surface area contributed by atoms with Crippen LogP contribution in [-0.4, -0.2) is 39.2 Å². The van der Waals surface area contributed by atoms with Crippen LogP contribution in [0, 0.1) is 0 Å². The molecule has 7 heteroatoms. The molecule has 0 unspecified atom stereocenters. The molecule has 0 fully saturated rings. The predicted molar refractivity (Wildman–Crippen MR) is 123 cm³/mol. The quantitative estimate of drug-likeness (QED) is 0.498. The summed E-state index contributed by atoms with van der Waals surface area (Å²) in [5, 5.41) is 5.34. The molecular weight excluding hydrogens is 426 g/mol. The van der Waals surface area contributed by atoms with Gasteiger partial charge in [0.05, 0.1) is 25.2 Å². The lowest BCUT2D eigenvalue weighted by molar-refractivity contribution is -0.140. The van der Waals surface area contributed by atoms with Crippen LogP contribution in [0.3, 0.4) is 0 Å². The van der Waals surface area contributed by atoms with Gasteiger partial charge in [0, 0.05) is 35.4 Å². The van der Waals surface area contributed by atoms with Gasteiger partial charge >= 0.3 is 5.97 Å². The Balaban J connectivity index is 1.69. The second-order valence-electron chi connectivity index (χ2n) is 7.94. The molecule has 1 aromatic carbocycles. The molecule has 0 bridgehead atoms. The first-order valence-electron chi connectivity index (χ1n) is 10.6. The Morgan fingerprint density at radius 2 is 2.00 bits per heavy atom. The van der Waals surface area contributed by atoms with Crippen LogP contribution in [0.1, 0.15) is 42.0 Å².